The largest absolute Gasteiger partial charge is 0.380 e. The number of ether oxygens (including phenoxy) is 1. The molecule has 2 saturated heterocycles. The number of nitrogens with zero attached hydrogens (tertiary/aromatic N) is 2. The summed E-state index contributed by atoms with van der Waals surface area (Å²) in [6.07, 6.45) is 4.26. The highest BCUT2D eigenvalue weighted by atomic mass is 16.5. The quantitative estimate of drug-likeness (QED) is 0.681. The Morgan fingerprint density at radius 3 is 3.00 bits per heavy atom. The minimum atomic E-state index is 0.825. The van der Waals surface area contributed by atoms with Crippen molar-refractivity contribution in [1.82, 2.24) is 15.1 Å². The van der Waals surface area contributed by atoms with E-state index in [1.54, 1.807) is 0 Å². The van der Waals surface area contributed by atoms with Crippen LogP contribution in [0.5, 0.6) is 0 Å². The first-order valence-corrected chi connectivity index (χ1v) is 7.65. The van der Waals surface area contributed by atoms with E-state index in [-0.39, 0.29) is 0 Å². The minimum absolute atomic E-state index is 0.825. The molecule has 1 atom stereocenters. The molecule has 0 amide bonds. The lowest BCUT2D eigenvalue weighted by Crippen LogP contribution is -2.55. The summed E-state index contributed by atoms with van der Waals surface area (Å²) < 4.78 is 5.31. The first-order valence-electron chi connectivity index (χ1n) is 7.65. The zero-order valence-electron chi connectivity index (χ0n) is 11.9. The molecule has 0 bridgehead atoms. The molecule has 0 aromatic heterocycles. The van der Waals surface area contributed by atoms with Gasteiger partial charge in [-0.1, -0.05) is 6.42 Å². The number of rotatable bonds is 7. The summed E-state index contributed by atoms with van der Waals surface area (Å²) in [6.45, 7) is 12.1. The monoisotopic (exact) mass is 255 g/mol. The van der Waals surface area contributed by atoms with Crippen LogP contribution in [0.2, 0.25) is 0 Å². The second-order valence-corrected chi connectivity index (χ2v) is 5.43. The van der Waals surface area contributed by atoms with E-state index in [4.69, 9.17) is 4.74 Å². The SMILES string of the molecule is CCOCCNCCN1CCN2CCCCC2C1. The van der Waals surface area contributed by atoms with Crippen LogP contribution < -0.4 is 5.32 Å². The molecular weight excluding hydrogens is 226 g/mol. The van der Waals surface area contributed by atoms with Crippen LogP contribution in [-0.2, 0) is 4.74 Å². The van der Waals surface area contributed by atoms with Crippen LogP contribution in [0.3, 0.4) is 0 Å². The third kappa shape index (κ3) is 4.50. The predicted octanol–water partition coefficient (Wildman–Crippen LogP) is 0.783. The van der Waals surface area contributed by atoms with E-state index >= 15 is 0 Å². The van der Waals surface area contributed by atoms with Crippen molar-refractivity contribution in [2.75, 3.05) is 59.0 Å². The topological polar surface area (TPSA) is 27.7 Å². The molecule has 18 heavy (non-hydrogen) atoms. The van der Waals surface area contributed by atoms with E-state index in [0.717, 1.165) is 32.3 Å². The van der Waals surface area contributed by atoms with Gasteiger partial charge in [-0.3, -0.25) is 9.80 Å². The van der Waals surface area contributed by atoms with Crippen LogP contribution in [0.15, 0.2) is 0 Å². The van der Waals surface area contributed by atoms with Gasteiger partial charge in [0.1, 0.15) is 0 Å². The highest BCUT2D eigenvalue weighted by Gasteiger charge is 2.28. The van der Waals surface area contributed by atoms with Crippen molar-refractivity contribution in [2.45, 2.75) is 32.2 Å². The Kier molecular flexibility index (Phi) is 6.41. The molecule has 4 heteroatoms. The number of piperidine rings is 1. The van der Waals surface area contributed by atoms with Gasteiger partial charge in [0.25, 0.3) is 0 Å². The van der Waals surface area contributed by atoms with Gasteiger partial charge in [0.2, 0.25) is 0 Å². The molecule has 2 aliphatic heterocycles. The molecule has 2 rings (SSSR count). The van der Waals surface area contributed by atoms with Crippen LogP contribution in [0.1, 0.15) is 26.2 Å². The van der Waals surface area contributed by atoms with Crippen molar-refractivity contribution < 1.29 is 4.74 Å². The van der Waals surface area contributed by atoms with E-state index < -0.39 is 0 Å². The fourth-order valence-corrected chi connectivity index (χ4v) is 3.07. The van der Waals surface area contributed by atoms with Crippen molar-refractivity contribution >= 4 is 0 Å². The molecule has 106 valence electrons. The molecule has 1 N–H and O–H groups in total. The van der Waals surface area contributed by atoms with E-state index in [2.05, 4.69) is 15.1 Å². The summed E-state index contributed by atoms with van der Waals surface area (Å²) in [4.78, 5) is 5.32. The van der Waals surface area contributed by atoms with Crippen LogP contribution in [-0.4, -0.2) is 74.9 Å². The van der Waals surface area contributed by atoms with Crippen molar-refractivity contribution in [3.05, 3.63) is 0 Å². The number of fused-ring (bicyclic) bond motifs is 1. The van der Waals surface area contributed by atoms with Gasteiger partial charge in [-0.2, -0.15) is 0 Å². The highest BCUT2D eigenvalue weighted by Crippen LogP contribution is 2.20. The summed E-state index contributed by atoms with van der Waals surface area (Å²) >= 11 is 0. The van der Waals surface area contributed by atoms with Crippen LogP contribution in [0, 0.1) is 0 Å². The van der Waals surface area contributed by atoms with Crippen molar-refractivity contribution in [2.24, 2.45) is 0 Å². The molecule has 2 fully saturated rings. The standard InChI is InChI=1S/C14H29N3O/c1-2-18-12-7-15-6-9-16-10-11-17-8-4-3-5-14(17)13-16/h14-15H,2-13H2,1H3. The van der Waals surface area contributed by atoms with Gasteiger partial charge < -0.3 is 10.1 Å². The Balaban J connectivity index is 1.54. The Bertz CT molecular complexity index is 225. The molecule has 2 aliphatic rings. The number of hydrogen-bond donors (Lipinski definition) is 1. The van der Waals surface area contributed by atoms with E-state index in [9.17, 15) is 0 Å². The van der Waals surface area contributed by atoms with Crippen molar-refractivity contribution in [3.8, 4) is 0 Å². The molecule has 0 aliphatic carbocycles. The van der Waals surface area contributed by atoms with Crippen LogP contribution in [0.25, 0.3) is 0 Å². The lowest BCUT2D eigenvalue weighted by atomic mass is 9.99. The number of nitrogens with one attached hydrogen (secondary N) is 1. The van der Waals surface area contributed by atoms with E-state index in [1.165, 1.54) is 52.0 Å². The highest BCUT2D eigenvalue weighted by molar-refractivity contribution is 4.85. The van der Waals surface area contributed by atoms with E-state index in [1.807, 2.05) is 6.92 Å². The summed E-state index contributed by atoms with van der Waals surface area (Å²) in [7, 11) is 0. The lowest BCUT2D eigenvalue weighted by Gasteiger charge is -2.44. The molecule has 0 aromatic carbocycles. The first-order chi connectivity index (χ1) is 8.90. The zero-order chi connectivity index (χ0) is 12.6. The van der Waals surface area contributed by atoms with Gasteiger partial charge in [0.05, 0.1) is 6.61 Å². The van der Waals surface area contributed by atoms with Gasteiger partial charge >= 0.3 is 0 Å². The summed E-state index contributed by atoms with van der Waals surface area (Å²) in [5.41, 5.74) is 0. The second kappa shape index (κ2) is 8.10. The molecule has 4 nitrogen and oxygen atoms in total. The summed E-state index contributed by atoms with van der Waals surface area (Å²) in [5, 5.41) is 3.46. The average Bonchev–Trinajstić information content (AvgIpc) is 2.42. The third-order valence-electron chi connectivity index (χ3n) is 4.15. The molecule has 0 radical (unpaired) electrons. The third-order valence-corrected chi connectivity index (χ3v) is 4.15. The maximum absolute atomic E-state index is 5.31. The fraction of sp³-hybridized carbons (Fsp3) is 1.00. The normalized spacial score (nSPS) is 26.2. The molecule has 1 unspecified atom stereocenters. The van der Waals surface area contributed by atoms with Crippen LogP contribution >= 0.6 is 0 Å². The lowest BCUT2D eigenvalue weighted by molar-refractivity contribution is 0.0496. The Labute approximate surface area is 112 Å². The Morgan fingerprint density at radius 2 is 2.11 bits per heavy atom. The maximum atomic E-state index is 5.31. The maximum Gasteiger partial charge on any atom is 0.0590 e. The van der Waals surface area contributed by atoms with Gasteiger partial charge in [-0.15, -0.1) is 0 Å². The van der Waals surface area contributed by atoms with Crippen molar-refractivity contribution in [3.63, 3.8) is 0 Å². The van der Waals surface area contributed by atoms with Gasteiger partial charge in [0, 0.05) is 51.9 Å². The molecular formula is C14H29N3O. The van der Waals surface area contributed by atoms with E-state index in [0.29, 0.717) is 0 Å². The summed E-state index contributed by atoms with van der Waals surface area (Å²) in [5.74, 6) is 0. The first kappa shape index (κ1) is 14.3. The van der Waals surface area contributed by atoms with Gasteiger partial charge in [0.15, 0.2) is 0 Å². The zero-order valence-corrected chi connectivity index (χ0v) is 11.9. The predicted molar refractivity (Wildman–Crippen MR) is 75.0 cm³/mol. The average molecular weight is 255 g/mol. The minimum Gasteiger partial charge on any atom is -0.380 e. The Hall–Kier alpha value is -0.160. The molecule has 0 aromatic rings. The smallest absolute Gasteiger partial charge is 0.0590 e. The number of hydrogen-bond acceptors (Lipinski definition) is 4. The Morgan fingerprint density at radius 1 is 1.17 bits per heavy atom. The molecule has 0 spiro atoms. The molecule has 2 heterocycles. The second-order valence-electron chi connectivity index (χ2n) is 5.43. The number of piperazine rings is 1. The fourth-order valence-electron chi connectivity index (χ4n) is 3.07. The molecule has 0 saturated carbocycles. The summed E-state index contributed by atoms with van der Waals surface area (Å²) in [6, 6.07) is 0.843. The van der Waals surface area contributed by atoms with Gasteiger partial charge in [-0.05, 0) is 26.3 Å². The van der Waals surface area contributed by atoms with Crippen LogP contribution in [0.4, 0.5) is 0 Å². The van der Waals surface area contributed by atoms with Crippen molar-refractivity contribution in [1.29, 1.82) is 0 Å². The van der Waals surface area contributed by atoms with Gasteiger partial charge in [-0.25, -0.2) is 0 Å².